The molecule has 0 spiro atoms. The summed E-state index contributed by atoms with van der Waals surface area (Å²) in [7, 11) is 0. The van der Waals surface area contributed by atoms with Gasteiger partial charge in [0.2, 0.25) is 0 Å². The fourth-order valence-corrected chi connectivity index (χ4v) is 4.06. The summed E-state index contributed by atoms with van der Waals surface area (Å²) in [4.78, 5) is 23.5. The first-order chi connectivity index (χ1) is 16.2. The fourth-order valence-electron chi connectivity index (χ4n) is 4.06. The normalized spacial score (nSPS) is 11.0. The van der Waals surface area contributed by atoms with Gasteiger partial charge in [0.15, 0.2) is 0 Å². The monoisotopic (exact) mass is 468 g/mol. The van der Waals surface area contributed by atoms with Crippen molar-refractivity contribution in [2.75, 3.05) is 13.2 Å². The lowest BCUT2D eigenvalue weighted by atomic mass is 10.1. The first kappa shape index (κ1) is 31.9. The quantitative estimate of drug-likeness (QED) is 0.0938. The first-order valence-corrected chi connectivity index (χ1v) is 14.5. The average Bonchev–Trinajstić information content (AvgIpc) is 2.81. The van der Waals surface area contributed by atoms with Crippen LogP contribution in [-0.2, 0) is 19.1 Å². The van der Waals surface area contributed by atoms with Gasteiger partial charge < -0.3 is 9.47 Å². The molecule has 4 heteroatoms. The molecule has 0 rings (SSSR count). The molecule has 0 saturated carbocycles. The topological polar surface area (TPSA) is 52.6 Å². The Hall–Kier alpha value is -1.06. The van der Waals surface area contributed by atoms with Crippen LogP contribution < -0.4 is 0 Å². The van der Waals surface area contributed by atoms with E-state index in [4.69, 9.17) is 9.47 Å². The van der Waals surface area contributed by atoms with E-state index in [-0.39, 0.29) is 11.9 Å². The van der Waals surface area contributed by atoms with Crippen molar-refractivity contribution in [3.63, 3.8) is 0 Å². The maximum atomic E-state index is 11.8. The molecular weight excluding hydrogens is 412 g/mol. The summed E-state index contributed by atoms with van der Waals surface area (Å²) in [5.41, 5.74) is 0. The van der Waals surface area contributed by atoms with Gasteiger partial charge in [-0.05, 0) is 32.1 Å². The minimum atomic E-state index is -0.0645. The van der Waals surface area contributed by atoms with Gasteiger partial charge in [0.25, 0.3) is 0 Å². The highest BCUT2D eigenvalue weighted by atomic mass is 16.5. The molecule has 4 nitrogen and oxygen atoms in total. The van der Waals surface area contributed by atoms with E-state index in [1.54, 1.807) is 0 Å². The molecule has 0 aromatic heterocycles. The molecule has 0 bridgehead atoms. The second-order valence-corrected chi connectivity index (χ2v) is 9.66. The predicted molar refractivity (Wildman–Crippen MR) is 139 cm³/mol. The Labute approximate surface area is 206 Å². The van der Waals surface area contributed by atoms with Crippen LogP contribution in [0.5, 0.6) is 0 Å². The lowest BCUT2D eigenvalue weighted by Gasteiger charge is -2.06. The molecule has 0 aliphatic rings. The Morgan fingerprint density at radius 3 is 1.00 bits per heavy atom. The molecule has 0 saturated heterocycles. The van der Waals surface area contributed by atoms with Crippen LogP contribution in [0.15, 0.2) is 0 Å². The number of ether oxygens (including phenoxy) is 2. The van der Waals surface area contributed by atoms with Gasteiger partial charge >= 0.3 is 11.9 Å². The lowest BCUT2D eigenvalue weighted by Crippen LogP contribution is -2.07. The zero-order valence-corrected chi connectivity index (χ0v) is 22.3. The molecule has 0 aliphatic heterocycles. The van der Waals surface area contributed by atoms with Crippen LogP contribution >= 0.6 is 0 Å². The Morgan fingerprint density at radius 2 is 0.667 bits per heavy atom. The summed E-state index contributed by atoms with van der Waals surface area (Å²) in [6.45, 7) is 5.47. The van der Waals surface area contributed by atoms with E-state index in [1.165, 1.54) is 89.9 Å². The number of esters is 2. The van der Waals surface area contributed by atoms with Gasteiger partial charge in [-0.25, -0.2) is 0 Å². The largest absolute Gasteiger partial charge is 0.466 e. The number of hydrogen-bond donors (Lipinski definition) is 0. The Kier molecular flexibility index (Phi) is 26.3. The number of rotatable bonds is 26. The van der Waals surface area contributed by atoms with Crippen molar-refractivity contribution in [3.8, 4) is 0 Å². The van der Waals surface area contributed by atoms with Crippen molar-refractivity contribution >= 4 is 11.9 Å². The van der Waals surface area contributed by atoms with Gasteiger partial charge in [-0.15, -0.1) is 0 Å². The number of unbranched alkanes of at least 4 members (excludes halogenated alkanes) is 18. The van der Waals surface area contributed by atoms with Crippen molar-refractivity contribution in [3.05, 3.63) is 0 Å². The highest BCUT2D eigenvalue weighted by molar-refractivity contribution is 5.69. The van der Waals surface area contributed by atoms with Gasteiger partial charge in [-0.3, -0.25) is 9.59 Å². The molecule has 0 N–H and O–H groups in total. The van der Waals surface area contributed by atoms with E-state index in [0.717, 1.165) is 44.9 Å². The standard InChI is InChI=1S/C29H56O4/c1-3-5-7-9-11-13-15-17-20-24-28(30)32-26-22-19-23-27-33-29(31)25-21-18-16-14-12-10-8-6-4-2/h3-27H2,1-2H3. The maximum Gasteiger partial charge on any atom is 0.305 e. The molecule has 0 heterocycles. The van der Waals surface area contributed by atoms with Gasteiger partial charge in [-0.2, -0.15) is 0 Å². The van der Waals surface area contributed by atoms with Crippen LogP contribution in [0.3, 0.4) is 0 Å². The Bertz CT molecular complexity index is 384. The summed E-state index contributed by atoms with van der Waals surface area (Å²) in [5, 5.41) is 0. The van der Waals surface area contributed by atoms with Gasteiger partial charge in [0.05, 0.1) is 13.2 Å². The molecule has 33 heavy (non-hydrogen) atoms. The highest BCUT2D eigenvalue weighted by Gasteiger charge is 2.04. The van der Waals surface area contributed by atoms with Crippen LogP contribution in [0, 0.1) is 0 Å². The molecule has 0 unspecified atom stereocenters. The van der Waals surface area contributed by atoms with Gasteiger partial charge in [0, 0.05) is 12.8 Å². The lowest BCUT2D eigenvalue weighted by molar-refractivity contribution is -0.144. The van der Waals surface area contributed by atoms with Crippen molar-refractivity contribution in [1.29, 1.82) is 0 Å². The molecule has 0 radical (unpaired) electrons. The maximum absolute atomic E-state index is 11.8. The number of hydrogen-bond acceptors (Lipinski definition) is 4. The molecule has 0 aromatic carbocycles. The summed E-state index contributed by atoms with van der Waals surface area (Å²) in [5.74, 6) is -0.129. The van der Waals surface area contributed by atoms with Crippen LogP contribution in [0.2, 0.25) is 0 Å². The Morgan fingerprint density at radius 1 is 0.394 bits per heavy atom. The molecule has 0 aromatic rings. The van der Waals surface area contributed by atoms with E-state index in [9.17, 15) is 9.59 Å². The minimum absolute atomic E-state index is 0.0645. The molecule has 0 amide bonds. The molecule has 196 valence electrons. The zero-order valence-electron chi connectivity index (χ0n) is 22.3. The second-order valence-electron chi connectivity index (χ2n) is 9.66. The van der Waals surface area contributed by atoms with Gasteiger partial charge in [-0.1, -0.05) is 117 Å². The molecule has 0 aliphatic carbocycles. The van der Waals surface area contributed by atoms with E-state index in [0.29, 0.717) is 26.1 Å². The summed E-state index contributed by atoms with van der Waals surface area (Å²) in [6.07, 6.45) is 26.4. The summed E-state index contributed by atoms with van der Waals surface area (Å²) in [6, 6.07) is 0. The zero-order chi connectivity index (χ0) is 24.2. The smallest absolute Gasteiger partial charge is 0.305 e. The van der Waals surface area contributed by atoms with Crippen molar-refractivity contribution in [1.82, 2.24) is 0 Å². The average molecular weight is 469 g/mol. The molecule has 0 fully saturated rings. The van der Waals surface area contributed by atoms with Crippen molar-refractivity contribution < 1.29 is 19.1 Å². The summed E-state index contributed by atoms with van der Waals surface area (Å²) >= 11 is 0. The third-order valence-corrected chi connectivity index (χ3v) is 6.28. The number of carbonyl (C=O) groups is 2. The van der Waals surface area contributed by atoms with E-state index in [1.807, 2.05) is 0 Å². The van der Waals surface area contributed by atoms with Crippen molar-refractivity contribution in [2.24, 2.45) is 0 Å². The third-order valence-electron chi connectivity index (χ3n) is 6.28. The predicted octanol–water partition coefficient (Wildman–Crippen LogP) is 9.08. The van der Waals surface area contributed by atoms with E-state index < -0.39 is 0 Å². The number of carbonyl (C=O) groups excluding carboxylic acids is 2. The Balaban J connectivity index is 3.26. The van der Waals surface area contributed by atoms with Crippen molar-refractivity contribution in [2.45, 2.75) is 162 Å². The molecular formula is C29H56O4. The fraction of sp³-hybridized carbons (Fsp3) is 0.931. The van der Waals surface area contributed by atoms with Crippen LogP contribution in [0.1, 0.15) is 162 Å². The minimum Gasteiger partial charge on any atom is -0.466 e. The van der Waals surface area contributed by atoms with E-state index in [2.05, 4.69) is 13.8 Å². The SMILES string of the molecule is CCCCCCCCCCCC(=O)OCCCCCOC(=O)CCCCCCCCCCC. The van der Waals surface area contributed by atoms with E-state index >= 15 is 0 Å². The summed E-state index contributed by atoms with van der Waals surface area (Å²) < 4.78 is 10.6. The highest BCUT2D eigenvalue weighted by Crippen LogP contribution is 2.12. The van der Waals surface area contributed by atoms with Crippen LogP contribution in [-0.4, -0.2) is 25.2 Å². The first-order valence-electron chi connectivity index (χ1n) is 14.5. The van der Waals surface area contributed by atoms with Crippen LogP contribution in [0.4, 0.5) is 0 Å². The molecule has 0 atom stereocenters. The van der Waals surface area contributed by atoms with Gasteiger partial charge in [0.1, 0.15) is 0 Å². The second kappa shape index (κ2) is 27.2. The third kappa shape index (κ3) is 27.1. The van der Waals surface area contributed by atoms with Crippen LogP contribution in [0.25, 0.3) is 0 Å².